The average Bonchev–Trinajstić information content (AvgIpc) is 1.89. The largest absolute Gasteiger partial charge is 0.0654 e. The van der Waals surface area contributed by atoms with Crippen LogP contribution in [0.5, 0.6) is 0 Å². The first-order valence-electron chi connectivity index (χ1n) is 4.41. The van der Waals surface area contributed by atoms with Crippen LogP contribution in [0, 0.1) is 0 Å². The molecule has 0 aromatic carbocycles. The second kappa shape index (κ2) is 12.5. The summed E-state index contributed by atoms with van der Waals surface area (Å²) in [5.41, 5.74) is 0. The molecule has 0 saturated heterocycles. The molecule has 10 heavy (non-hydrogen) atoms. The van der Waals surface area contributed by atoms with Gasteiger partial charge in [-0.05, 0) is 0 Å². The molecule has 0 aliphatic rings. The van der Waals surface area contributed by atoms with Gasteiger partial charge >= 0.3 is 0 Å². The minimum atomic E-state index is 0. The molecule has 0 N–H and O–H groups in total. The van der Waals surface area contributed by atoms with Gasteiger partial charge in [0.15, 0.2) is 0 Å². The monoisotopic (exact) mass is 308 g/mol. The maximum atomic E-state index is 2.26. The minimum absolute atomic E-state index is 0. The van der Waals surface area contributed by atoms with Gasteiger partial charge in [0.05, 0.1) is 0 Å². The molecule has 1 heteroatoms. The zero-order valence-electron chi connectivity index (χ0n) is 7.45. The fourth-order valence-electron chi connectivity index (χ4n) is 1.03. The molecule has 0 bridgehead atoms. The van der Waals surface area contributed by atoms with Gasteiger partial charge in [-0.25, -0.2) is 0 Å². The minimum Gasteiger partial charge on any atom is -0.0654 e. The SMILES string of the molecule is CCCCCCCCC.[Hf]. The summed E-state index contributed by atoms with van der Waals surface area (Å²) in [5.74, 6) is 0. The molecule has 0 radical (unpaired) electrons. The van der Waals surface area contributed by atoms with Crippen LogP contribution in [0.25, 0.3) is 0 Å². The van der Waals surface area contributed by atoms with Crippen molar-refractivity contribution in [3.8, 4) is 0 Å². The molecule has 0 saturated carbocycles. The molecule has 0 aliphatic carbocycles. The zero-order valence-corrected chi connectivity index (χ0v) is 11.0. The molecule has 0 spiro atoms. The van der Waals surface area contributed by atoms with E-state index in [4.69, 9.17) is 0 Å². The first-order chi connectivity index (χ1) is 4.41. The number of hydrogen-bond acceptors (Lipinski definition) is 0. The average molecular weight is 307 g/mol. The Morgan fingerprint density at radius 2 is 0.900 bits per heavy atom. The molecule has 0 heterocycles. The molecule has 0 nitrogen and oxygen atoms in total. The summed E-state index contributed by atoms with van der Waals surface area (Å²) in [7, 11) is 0. The van der Waals surface area contributed by atoms with Crippen LogP contribution in [-0.2, 0) is 25.8 Å². The van der Waals surface area contributed by atoms with E-state index in [0.29, 0.717) is 0 Å². The smallest absolute Gasteiger partial charge is 0 e. The van der Waals surface area contributed by atoms with Crippen LogP contribution in [0.2, 0.25) is 0 Å². The van der Waals surface area contributed by atoms with E-state index in [1.165, 1.54) is 44.9 Å². The third-order valence-electron chi connectivity index (χ3n) is 1.71. The summed E-state index contributed by atoms with van der Waals surface area (Å²) < 4.78 is 0. The normalized spacial score (nSPS) is 9.00. The van der Waals surface area contributed by atoms with E-state index in [1.54, 1.807) is 0 Å². The summed E-state index contributed by atoms with van der Waals surface area (Å²) >= 11 is 0. The molecule has 0 rings (SSSR count). The number of rotatable bonds is 6. The maximum Gasteiger partial charge on any atom is 0 e. The van der Waals surface area contributed by atoms with Crippen molar-refractivity contribution in [1.29, 1.82) is 0 Å². The van der Waals surface area contributed by atoms with Crippen LogP contribution in [0.15, 0.2) is 0 Å². The molecule has 0 aliphatic heterocycles. The Bertz CT molecular complexity index is 38.0. The van der Waals surface area contributed by atoms with Crippen LogP contribution in [-0.4, -0.2) is 0 Å². The summed E-state index contributed by atoms with van der Waals surface area (Å²) in [6, 6.07) is 0. The second-order valence-electron chi connectivity index (χ2n) is 2.77. The first-order valence-corrected chi connectivity index (χ1v) is 4.41. The fourth-order valence-corrected chi connectivity index (χ4v) is 1.03. The molecule has 0 fully saturated rings. The number of hydrogen-bond donors (Lipinski definition) is 0. The van der Waals surface area contributed by atoms with E-state index in [-0.39, 0.29) is 25.8 Å². The van der Waals surface area contributed by atoms with E-state index in [0.717, 1.165) is 0 Å². The molecule has 0 amide bonds. The van der Waals surface area contributed by atoms with Crippen LogP contribution >= 0.6 is 0 Å². The van der Waals surface area contributed by atoms with E-state index >= 15 is 0 Å². The molecular formula is C9H20Hf. The Labute approximate surface area is 84.6 Å². The first kappa shape index (κ1) is 13.5. The Morgan fingerprint density at radius 3 is 1.20 bits per heavy atom. The van der Waals surface area contributed by atoms with Gasteiger partial charge < -0.3 is 0 Å². The van der Waals surface area contributed by atoms with Crippen molar-refractivity contribution < 1.29 is 25.8 Å². The van der Waals surface area contributed by atoms with Crippen LogP contribution in [0.1, 0.15) is 58.8 Å². The fraction of sp³-hybridized carbons (Fsp3) is 1.00. The Balaban J connectivity index is 0. The summed E-state index contributed by atoms with van der Waals surface area (Å²) in [5, 5.41) is 0. The van der Waals surface area contributed by atoms with Gasteiger partial charge in [-0.2, -0.15) is 0 Å². The van der Waals surface area contributed by atoms with Gasteiger partial charge in [-0.15, -0.1) is 0 Å². The Kier molecular flexibility index (Phi) is 16.9. The second-order valence-corrected chi connectivity index (χ2v) is 2.77. The van der Waals surface area contributed by atoms with Crippen molar-refractivity contribution in [2.45, 2.75) is 58.8 Å². The van der Waals surface area contributed by atoms with E-state index in [9.17, 15) is 0 Å². The number of unbranched alkanes of at least 4 members (excludes halogenated alkanes) is 6. The topological polar surface area (TPSA) is 0 Å². The van der Waals surface area contributed by atoms with E-state index in [2.05, 4.69) is 13.8 Å². The molecular weight excluding hydrogens is 287 g/mol. The predicted molar refractivity (Wildman–Crippen MR) is 43.7 cm³/mol. The molecule has 0 aromatic heterocycles. The van der Waals surface area contributed by atoms with Gasteiger partial charge in [0.2, 0.25) is 0 Å². The van der Waals surface area contributed by atoms with Crippen molar-refractivity contribution in [2.75, 3.05) is 0 Å². The molecule has 0 aromatic rings. The molecule has 0 unspecified atom stereocenters. The van der Waals surface area contributed by atoms with Crippen LogP contribution in [0.4, 0.5) is 0 Å². The predicted octanol–water partition coefficient (Wildman–Crippen LogP) is 3.75. The van der Waals surface area contributed by atoms with Crippen LogP contribution in [0.3, 0.4) is 0 Å². The molecule has 60 valence electrons. The van der Waals surface area contributed by atoms with Crippen molar-refractivity contribution in [3.63, 3.8) is 0 Å². The van der Waals surface area contributed by atoms with Gasteiger partial charge in [0.1, 0.15) is 0 Å². The zero-order chi connectivity index (χ0) is 6.95. The third-order valence-corrected chi connectivity index (χ3v) is 1.71. The third kappa shape index (κ3) is 11.6. The molecule has 0 atom stereocenters. The summed E-state index contributed by atoms with van der Waals surface area (Å²) in [4.78, 5) is 0. The van der Waals surface area contributed by atoms with Crippen molar-refractivity contribution in [3.05, 3.63) is 0 Å². The van der Waals surface area contributed by atoms with Crippen molar-refractivity contribution >= 4 is 0 Å². The quantitative estimate of drug-likeness (QED) is 0.518. The van der Waals surface area contributed by atoms with Gasteiger partial charge in [0.25, 0.3) is 0 Å². The summed E-state index contributed by atoms with van der Waals surface area (Å²) in [6.07, 6.45) is 9.97. The summed E-state index contributed by atoms with van der Waals surface area (Å²) in [6.45, 7) is 4.53. The van der Waals surface area contributed by atoms with Gasteiger partial charge in [0, 0.05) is 25.8 Å². The van der Waals surface area contributed by atoms with Crippen molar-refractivity contribution in [1.82, 2.24) is 0 Å². The Morgan fingerprint density at radius 1 is 0.600 bits per heavy atom. The van der Waals surface area contributed by atoms with Crippen LogP contribution < -0.4 is 0 Å². The van der Waals surface area contributed by atoms with Gasteiger partial charge in [-0.1, -0.05) is 58.8 Å². The van der Waals surface area contributed by atoms with E-state index < -0.39 is 0 Å². The van der Waals surface area contributed by atoms with Crippen molar-refractivity contribution in [2.24, 2.45) is 0 Å². The Hall–Kier alpha value is 0.870. The maximum absolute atomic E-state index is 2.26. The standard InChI is InChI=1S/C9H20.Hf/c1-3-5-7-9-8-6-4-2;/h3-9H2,1-2H3;. The van der Waals surface area contributed by atoms with Gasteiger partial charge in [-0.3, -0.25) is 0 Å². The van der Waals surface area contributed by atoms with E-state index in [1.807, 2.05) is 0 Å².